The van der Waals surface area contributed by atoms with Gasteiger partial charge in [-0.05, 0) is 32.6 Å². The van der Waals surface area contributed by atoms with E-state index in [2.05, 4.69) is 25.1 Å². The molecule has 35 heavy (non-hydrogen) atoms. The third-order valence-electron chi connectivity index (χ3n) is 7.80. The van der Waals surface area contributed by atoms with Gasteiger partial charge in [-0.2, -0.15) is 4.98 Å². The van der Waals surface area contributed by atoms with E-state index in [0.717, 1.165) is 70.8 Å². The maximum Gasteiger partial charge on any atom is 0.272 e. The molecule has 2 N–H and O–H groups in total. The number of aromatic amines is 1. The summed E-state index contributed by atoms with van der Waals surface area (Å²) in [5.41, 5.74) is 1.48. The van der Waals surface area contributed by atoms with Crippen molar-refractivity contribution in [2.45, 2.75) is 38.6 Å². The average molecular weight is 518 g/mol. The third kappa shape index (κ3) is 4.12. The number of carbonyl (C=O) groups is 2. The zero-order chi connectivity index (χ0) is 24.3. The first-order valence-electron chi connectivity index (χ1n) is 12.4. The molecule has 0 spiro atoms. The average Bonchev–Trinajstić information content (AvgIpc) is 3.50. The Morgan fingerprint density at radius 3 is 2.26 bits per heavy atom. The Hall–Kier alpha value is -2.52. The van der Waals surface area contributed by atoms with Crippen LogP contribution in [-0.2, 0) is 0 Å². The highest BCUT2D eigenvalue weighted by Gasteiger charge is 2.57. The molecule has 2 amide bonds. The number of hydrogen-bond acceptors (Lipinski definition) is 6. The molecule has 6 rings (SSSR count). The van der Waals surface area contributed by atoms with Crippen LogP contribution in [-0.4, -0.2) is 77.0 Å². The van der Waals surface area contributed by atoms with Crippen LogP contribution in [0.5, 0.6) is 0 Å². The fraction of sp³-hybridized carbons (Fsp3) is 0.583. The molecule has 0 aromatic carbocycles. The number of nitrogens with one attached hydrogen (secondary N) is 2. The van der Waals surface area contributed by atoms with Gasteiger partial charge in [0.2, 0.25) is 5.95 Å². The number of nitrogens with zero attached hydrogens (tertiary/aromatic N) is 5. The topological polar surface area (TPSA) is 97.5 Å². The number of fused-ring (bicyclic) bond motifs is 1. The first-order valence-corrected chi connectivity index (χ1v) is 13.2. The Morgan fingerprint density at radius 2 is 1.63 bits per heavy atom. The fourth-order valence-electron chi connectivity index (χ4n) is 5.71. The van der Waals surface area contributed by atoms with Gasteiger partial charge < -0.3 is 25.0 Å². The Kier molecular flexibility index (Phi) is 5.79. The summed E-state index contributed by atoms with van der Waals surface area (Å²) < 4.78 is 0. The number of piperidine rings is 1. The predicted octanol–water partition coefficient (Wildman–Crippen LogP) is 3.12. The van der Waals surface area contributed by atoms with Crippen LogP contribution in [0.3, 0.4) is 0 Å². The van der Waals surface area contributed by atoms with Crippen molar-refractivity contribution in [1.29, 1.82) is 0 Å². The summed E-state index contributed by atoms with van der Waals surface area (Å²) in [5, 5.41) is 3.76. The molecular formula is C24H29Cl2N7O2. The van der Waals surface area contributed by atoms with Crippen molar-refractivity contribution in [3.63, 3.8) is 0 Å². The molecule has 0 radical (unpaired) electrons. The number of hydrogen-bond donors (Lipinski definition) is 2. The van der Waals surface area contributed by atoms with Crippen molar-refractivity contribution in [3.8, 4) is 0 Å². The monoisotopic (exact) mass is 517 g/mol. The molecule has 1 aliphatic carbocycles. The lowest BCUT2D eigenvalue weighted by molar-refractivity contribution is 0.0786. The number of H-pyrrole nitrogens is 1. The number of likely N-dealkylation sites (tertiary alicyclic amines) is 1. The highest BCUT2D eigenvalue weighted by Crippen LogP contribution is 2.47. The van der Waals surface area contributed by atoms with Gasteiger partial charge >= 0.3 is 0 Å². The molecule has 1 saturated carbocycles. The van der Waals surface area contributed by atoms with Gasteiger partial charge in [-0.15, -0.1) is 0 Å². The summed E-state index contributed by atoms with van der Waals surface area (Å²) in [6.45, 7) is 6.78. The SMILES string of the molecule is Cc1[nH]c(C(=O)N[C@@H]2[C@@H]3CN(c4cc(C(=O)N5CCCC5)nc(N5CCCC5)n4)C[C@@H]32)c(Cl)c1Cl. The number of anilines is 2. The summed E-state index contributed by atoms with van der Waals surface area (Å²) >= 11 is 12.3. The lowest BCUT2D eigenvalue weighted by Gasteiger charge is -2.25. The maximum atomic E-state index is 13.1. The lowest BCUT2D eigenvalue weighted by Crippen LogP contribution is -2.36. The minimum Gasteiger partial charge on any atom is -0.356 e. The van der Waals surface area contributed by atoms with Gasteiger partial charge in [0.1, 0.15) is 17.2 Å². The molecule has 0 bridgehead atoms. The van der Waals surface area contributed by atoms with Crippen LogP contribution in [0, 0.1) is 18.8 Å². The normalized spacial score (nSPS) is 25.3. The van der Waals surface area contributed by atoms with Crippen LogP contribution in [0.2, 0.25) is 10.0 Å². The summed E-state index contributed by atoms with van der Waals surface area (Å²) in [6, 6.07) is 1.95. The highest BCUT2D eigenvalue weighted by molar-refractivity contribution is 6.44. The van der Waals surface area contributed by atoms with E-state index in [9.17, 15) is 9.59 Å². The second-order valence-corrected chi connectivity index (χ2v) is 10.8. The standard InChI is InChI=1S/C24H29Cl2N7O2/c1-13-18(25)19(26)21(27-13)22(34)30-20-14-11-33(12-15(14)20)17-10-16(23(35)31-6-2-3-7-31)28-24(29-17)32-8-4-5-9-32/h10,14-15,20,27H,2-9,11-12H2,1H3,(H,30,34)/t14-,15+,20-. The number of aromatic nitrogens is 3. The van der Waals surface area contributed by atoms with Crippen LogP contribution in [0.1, 0.15) is 52.4 Å². The summed E-state index contributed by atoms with van der Waals surface area (Å²) in [5.74, 6) is 1.91. The molecule has 2 aromatic rings. The number of halogens is 2. The quantitative estimate of drug-likeness (QED) is 0.632. The largest absolute Gasteiger partial charge is 0.356 e. The lowest BCUT2D eigenvalue weighted by atomic mass is 10.3. The Balaban J connectivity index is 1.16. The van der Waals surface area contributed by atoms with Crippen molar-refractivity contribution in [1.82, 2.24) is 25.2 Å². The van der Waals surface area contributed by atoms with Gasteiger partial charge in [0.15, 0.2) is 0 Å². The number of rotatable bonds is 5. The van der Waals surface area contributed by atoms with Crippen LogP contribution < -0.4 is 15.1 Å². The van der Waals surface area contributed by atoms with Crippen molar-refractivity contribution in [2.24, 2.45) is 11.8 Å². The molecule has 4 fully saturated rings. The van der Waals surface area contributed by atoms with E-state index in [1.807, 2.05) is 11.0 Å². The van der Waals surface area contributed by atoms with Gasteiger partial charge in [-0.25, -0.2) is 4.98 Å². The first kappa shape index (κ1) is 22.9. The Morgan fingerprint density at radius 1 is 0.971 bits per heavy atom. The Labute approximate surface area is 214 Å². The number of carbonyl (C=O) groups excluding carboxylic acids is 2. The van der Waals surface area contributed by atoms with E-state index in [1.54, 1.807) is 6.92 Å². The van der Waals surface area contributed by atoms with Gasteiger partial charge in [0, 0.05) is 68.9 Å². The fourth-order valence-corrected chi connectivity index (χ4v) is 6.13. The van der Waals surface area contributed by atoms with Crippen molar-refractivity contribution < 1.29 is 9.59 Å². The molecule has 186 valence electrons. The molecule has 0 unspecified atom stereocenters. The minimum atomic E-state index is -0.229. The Bertz CT molecular complexity index is 1160. The second-order valence-electron chi connectivity index (χ2n) is 10.1. The van der Waals surface area contributed by atoms with Crippen molar-refractivity contribution in [2.75, 3.05) is 49.1 Å². The van der Waals surface area contributed by atoms with E-state index < -0.39 is 0 Å². The van der Waals surface area contributed by atoms with Gasteiger partial charge in [-0.3, -0.25) is 9.59 Å². The summed E-state index contributed by atoms with van der Waals surface area (Å²) in [7, 11) is 0. The summed E-state index contributed by atoms with van der Waals surface area (Å²) in [6.07, 6.45) is 4.33. The maximum absolute atomic E-state index is 13.1. The van der Waals surface area contributed by atoms with E-state index in [0.29, 0.717) is 39.9 Å². The molecular weight excluding hydrogens is 489 g/mol. The molecule has 5 heterocycles. The van der Waals surface area contributed by atoms with Gasteiger partial charge in [0.05, 0.1) is 10.0 Å². The smallest absolute Gasteiger partial charge is 0.272 e. The zero-order valence-electron chi connectivity index (χ0n) is 19.7. The van der Waals surface area contributed by atoms with E-state index >= 15 is 0 Å². The van der Waals surface area contributed by atoms with Gasteiger partial charge in [-0.1, -0.05) is 23.2 Å². The van der Waals surface area contributed by atoms with E-state index in [1.165, 1.54) is 0 Å². The third-order valence-corrected chi connectivity index (χ3v) is 8.75. The predicted molar refractivity (Wildman–Crippen MR) is 135 cm³/mol. The molecule has 2 aromatic heterocycles. The zero-order valence-corrected chi connectivity index (χ0v) is 21.2. The van der Waals surface area contributed by atoms with Crippen LogP contribution >= 0.6 is 23.2 Å². The number of aryl methyl sites for hydroxylation is 1. The number of amides is 2. The van der Waals surface area contributed by atoms with Crippen molar-refractivity contribution >= 4 is 46.8 Å². The van der Waals surface area contributed by atoms with E-state index in [4.69, 9.17) is 28.2 Å². The molecule has 3 aliphatic heterocycles. The molecule has 4 aliphatic rings. The highest BCUT2D eigenvalue weighted by atomic mass is 35.5. The molecule has 9 nitrogen and oxygen atoms in total. The first-order chi connectivity index (χ1) is 16.9. The molecule has 11 heteroatoms. The van der Waals surface area contributed by atoms with E-state index in [-0.39, 0.29) is 22.9 Å². The minimum absolute atomic E-state index is 0.00197. The molecule has 3 saturated heterocycles. The molecule has 3 atom stereocenters. The van der Waals surface area contributed by atoms with Crippen LogP contribution in [0.25, 0.3) is 0 Å². The van der Waals surface area contributed by atoms with Crippen molar-refractivity contribution in [3.05, 3.63) is 33.2 Å². The van der Waals surface area contributed by atoms with Crippen LogP contribution in [0.15, 0.2) is 6.07 Å². The summed E-state index contributed by atoms with van der Waals surface area (Å²) in [4.78, 5) is 44.7. The van der Waals surface area contributed by atoms with Crippen LogP contribution in [0.4, 0.5) is 11.8 Å². The second kappa shape index (κ2) is 8.85. The van der Waals surface area contributed by atoms with Gasteiger partial charge in [0.25, 0.3) is 11.8 Å².